The molecule has 28 heavy (non-hydrogen) atoms. The van der Waals surface area contributed by atoms with Crippen LogP contribution in [0.3, 0.4) is 0 Å². The second-order valence-electron chi connectivity index (χ2n) is 6.56. The van der Waals surface area contributed by atoms with Crippen molar-refractivity contribution in [3.05, 3.63) is 94.9 Å². The van der Waals surface area contributed by atoms with Crippen LogP contribution in [0, 0.1) is 0 Å². The first-order chi connectivity index (χ1) is 13.1. The molecule has 4 heteroatoms. The highest BCUT2D eigenvalue weighted by Gasteiger charge is 2.08. The van der Waals surface area contributed by atoms with Crippen LogP contribution in [-0.2, 0) is 0 Å². The molecule has 0 bridgehead atoms. The van der Waals surface area contributed by atoms with Crippen molar-refractivity contribution >= 4 is 23.0 Å². The summed E-state index contributed by atoms with van der Waals surface area (Å²) in [6.45, 7) is 17.7. The molecule has 0 saturated carbocycles. The van der Waals surface area contributed by atoms with E-state index < -0.39 is 0 Å². The monoisotopic (exact) mass is 396 g/mol. The highest BCUT2D eigenvalue weighted by molar-refractivity contribution is 6.32. The van der Waals surface area contributed by atoms with Gasteiger partial charge in [-0.2, -0.15) is 0 Å². The summed E-state index contributed by atoms with van der Waals surface area (Å²) in [6, 6.07) is 5.07. The van der Waals surface area contributed by atoms with E-state index in [1.165, 1.54) is 0 Å². The summed E-state index contributed by atoms with van der Waals surface area (Å²) in [7, 11) is 0. The molecule has 0 aliphatic rings. The van der Waals surface area contributed by atoms with Crippen LogP contribution in [-0.4, -0.2) is 10.9 Å². The third kappa shape index (κ3) is 7.45. The van der Waals surface area contributed by atoms with Crippen molar-refractivity contribution in [1.82, 2.24) is 5.32 Å². The van der Waals surface area contributed by atoms with Crippen molar-refractivity contribution in [2.75, 3.05) is 0 Å². The fourth-order valence-corrected chi connectivity index (χ4v) is 2.60. The summed E-state index contributed by atoms with van der Waals surface area (Å²) in [5.41, 5.74) is 5.03. The molecule has 0 atom stereocenters. The second kappa shape index (κ2) is 11.2. The van der Waals surface area contributed by atoms with Crippen molar-refractivity contribution in [1.29, 1.82) is 0 Å². The lowest BCUT2D eigenvalue weighted by Gasteiger charge is -2.09. The number of aliphatic imine (C=N–C) groups is 1. The lowest BCUT2D eigenvalue weighted by Crippen LogP contribution is -2.17. The highest BCUT2D eigenvalue weighted by Crippen LogP contribution is 2.32. The largest absolute Gasteiger partial charge is 0.507 e. The third-order valence-corrected chi connectivity index (χ3v) is 4.31. The molecule has 1 aromatic carbocycles. The van der Waals surface area contributed by atoms with Crippen LogP contribution in [0.25, 0.3) is 5.57 Å². The fourth-order valence-electron chi connectivity index (χ4n) is 2.28. The Hall–Kier alpha value is -2.78. The summed E-state index contributed by atoms with van der Waals surface area (Å²) in [4.78, 5) is 4.46. The number of allylic oxidation sites excluding steroid dienone is 8. The molecule has 148 valence electrons. The van der Waals surface area contributed by atoms with Crippen LogP contribution < -0.4 is 5.32 Å². The molecule has 2 N–H and O–H groups in total. The van der Waals surface area contributed by atoms with Gasteiger partial charge < -0.3 is 10.4 Å². The summed E-state index contributed by atoms with van der Waals surface area (Å²) in [5.74, 6) is 0.848. The average molecular weight is 397 g/mol. The van der Waals surface area contributed by atoms with Gasteiger partial charge in [0, 0.05) is 17.5 Å². The molecule has 0 amide bonds. The number of hydrogen-bond acceptors (Lipinski definition) is 2. The Labute approximate surface area is 173 Å². The molecule has 0 spiro atoms. The third-order valence-electron chi connectivity index (χ3n) is 3.99. The Balaban J connectivity index is 3.06. The van der Waals surface area contributed by atoms with Crippen LogP contribution in [0.1, 0.15) is 40.2 Å². The predicted molar refractivity (Wildman–Crippen MR) is 124 cm³/mol. The zero-order valence-electron chi connectivity index (χ0n) is 17.3. The normalized spacial score (nSPS) is 13.8. The van der Waals surface area contributed by atoms with E-state index in [1.807, 2.05) is 58.9 Å². The summed E-state index contributed by atoms with van der Waals surface area (Å²) in [6.07, 6.45) is 9.56. The van der Waals surface area contributed by atoms with Crippen LogP contribution in [0.4, 0.5) is 0 Å². The molecule has 0 saturated heterocycles. The number of halogens is 1. The maximum atomic E-state index is 10.1. The van der Waals surface area contributed by atoms with Crippen LogP contribution >= 0.6 is 11.6 Å². The van der Waals surface area contributed by atoms with Gasteiger partial charge in [-0.1, -0.05) is 48.6 Å². The number of hydrogen-bond donors (Lipinski definition) is 2. The molecule has 0 aromatic heterocycles. The van der Waals surface area contributed by atoms with E-state index in [1.54, 1.807) is 24.4 Å². The van der Waals surface area contributed by atoms with E-state index >= 15 is 0 Å². The van der Waals surface area contributed by atoms with Gasteiger partial charge in [0.2, 0.25) is 0 Å². The zero-order chi connectivity index (χ0) is 21.3. The average Bonchev–Trinajstić information content (AvgIpc) is 2.62. The Morgan fingerprint density at radius 2 is 1.82 bits per heavy atom. The van der Waals surface area contributed by atoms with Gasteiger partial charge in [0.05, 0.1) is 5.02 Å². The number of benzene rings is 1. The number of aromatic hydroxyl groups is 1. The summed E-state index contributed by atoms with van der Waals surface area (Å²) >= 11 is 6.23. The number of nitrogens with one attached hydrogen (secondary N) is 1. The first-order valence-corrected chi connectivity index (χ1v) is 9.37. The van der Waals surface area contributed by atoms with E-state index in [4.69, 9.17) is 11.6 Å². The molecule has 1 rings (SSSR count). The van der Waals surface area contributed by atoms with E-state index in [0.29, 0.717) is 16.4 Å². The number of amidine groups is 1. The molecular formula is C24H29ClN2O. The first-order valence-electron chi connectivity index (χ1n) is 8.99. The quantitative estimate of drug-likeness (QED) is 0.297. The lowest BCUT2D eigenvalue weighted by molar-refractivity contribution is 0.473. The standard InChI is InChI=1S/C24H29ClN2O/c1-8-17(4)12-13-19(6)27-20(7)26-15-21(16(2)3)14-18(5)24-22(25)10-9-11-23(24)28/h8-15,28H,2,6H2,1,3-5,7H3,(H,26,27)/b13-12-,17-8-,18-14+,21-15-. The van der Waals surface area contributed by atoms with Crippen LogP contribution in [0.15, 0.2) is 89.3 Å². The van der Waals surface area contributed by atoms with Gasteiger partial charge in [-0.3, -0.25) is 0 Å². The topological polar surface area (TPSA) is 44.6 Å². The predicted octanol–water partition coefficient (Wildman–Crippen LogP) is 6.95. The molecular weight excluding hydrogens is 368 g/mol. The minimum absolute atomic E-state index is 0.142. The Morgan fingerprint density at radius 3 is 2.39 bits per heavy atom. The van der Waals surface area contributed by atoms with Gasteiger partial charge in [-0.15, -0.1) is 0 Å². The second-order valence-corrected chi connectivity index (χ2v) is 6.96. The van der Waals surface area contributed by atoms with E-state index in [-0.39, 0.29) is 5.75 Å². The summed E-state index contributed by atoms with van der Waals surface area (Å²) in [5, 5.41) is 13.8. The Kier molecular flexibility index (Phi) is 9.26. The van der Waals surface area contributed by atoms with Gasteiger partial charge in [0.15, 0.2) is 0 Å². The van der Waals surface area contributed by atoms with Crippen LogP contribution in [0.5, 0.6) is 5.75 Å². The molecule has 3 nitrogen and oxygen atoms in total. The minimum atomic E-state index is 0.142. The summed E-state index contributed by atoms with van der Waals surface area (Å²) < 4.78 is 0. The lowest BCUT2D eigenvalue weighted by atomic mass is 10.0. The first kappa shape index (κ1) is 23.3. The molecule has 1 aromatic rings. The minimum Gasteiger partial charge on any atom is -0.507 e. The van der Waals surface area contributed by atoms with E-state index in [9.17, 15) is 5.11 Å². The fraction of sp³-hybridized carbons (Fsp3) is 0.208. The van der Waals surface area contributed by atoms with Crippen molar-refractivity contribution in [2.24, 2.45) is 4.99 Å². The molecule has 0 fully saturated rings. The maximum Gasteiger partial charge on any atom is 0.124 e. The zero-order valence-corrected chi connectivity index (χ0v) is 18.1. The molecule has 0 heterocycles. The number of phenols is 1. The Morgan fingerprint density at radius 1 is 1.14 bits per heavy atom. The van der Waals surface area contributed by atoms with Gasteiger partial charge in [0.25, 0.3) is 0 Å². The Bertz CT molecular complexity index is 879. The molecule has 0 aliphatic heterocycles. The van der Waals surface area contributed by atoms with Crippen molar-refractivity contribution in [3.63, 3.8) is 0 Å². The van der Waals surface area contributed by atoms with Gasteiger partial charge >= 0.3 is 0 Å². The number of phenolic OH excluding ortho intramolecular Hbond substituents is 1. The maximum absolute atomic E-state index is 10.1. The smallest absolute Gasteiger partial charge is 0.124 e. The number of nitrogens with zero attached hydrogens (tertiary/aromatic N) is 1. The SMILES string of the molecule is C=C(/C=C\C(C)=C/C)NC(C)=N/C=C(/C=C(\C)c1c(O)cccc1Cl)C(=C)C. The molecule has 0 unspecified atom stereocenters. The van der Waals surface area contributed by atoms with Gasteiger partial charge in [-0.05, 0) is 75.6 Å². The van der Waals surface area contributed by atoms with E-state index in [0.717, 1.165) is 28.0 Å². The highest BCUT2D eigenvalue weighted by atomic mass is 35.5. The van der Waals surface area contributed by atoms with Crippen molar-refractivity contribution < 1.29 is 5.11 Å². The van der Waals surface area contributed by atoms with Crippen molar-refractivity contribution in [3.8, 4) is 5.75 Å². The van der Waals surface area contributed by atoms with Crippen LogP contribution in [0.2, 0.25) is 5.02 Å². The van der Waals surface area contributed by atoms with Gasteiger partial charge in [0.1, 0.15) is 11.6 Å². The number of rotatable bonds is 7. The van der Waals surface area contributed by atoms with Gasteiger partial charge in [-0.25, -0.2) is 4.99 Å². The van der Waals surface area contributed by atoms with Crippen molar-refractivity contribution in [2.45, 2.75) is 34.6 Å². The van der Waals surface area contributed by atoms with E-state index in [2.05, 4.69) is 23.5 Å². The molecule has 0 aliphatic carbocycles. The molecule has 0 radical (unpaired) electrons.